The molecule has 0 aliphatic heterocycles. The third-order valence-corrected chi connectivity index (χ3v) is 4.95. The average molecular weight is 514 g/mol. The van der Waals surface area contributed by atoms with Gasteiger partial charge >= 0.3 is 7.12 Å². The van der Waals surface area contributed by atoms with Gasteiger partial charge in [-0.05, 0) is 0 Å². The molecule has 0 aliphatic carbocycles. The number of rotatable bonds is 3. The lowest BCUT2D eigenvalue weighted by Gasteiger charge is -2.18. The molecule has 0 unspecified atom stereocenters. The van der Waals surface area contributed by atoms with Crippen molar-refractivity contribution < 1.29 is 62.4 Å². The summed E-state index contributed by atoms with van der Waals surface area (Å²) in [6.07, 6.45) is 0. The Morgan fingerprint density at radius 3 is 1.43 bits per heavy atom. The van der Waals surface area contributed by atoms with Crippen LogP contribution in [-0.4, -0.2) is 12.1 Å². The highest BCUT2D eigenvalue weighted by atomic mass is 19.2. The van der Waals surface area contributed by atoms with Crippen molar-refractivity contribution in [2.24, 2.45) is 0 Å². The van der Waals surface area contributed by atoms with Gasteiger partial charge in [-0.3, -0.25) is 0 Å². The second-order valence-electron chi connectivity index (χ2n) is 6.91. The lowest BCUT2D eigenvalue weighted by molar-refractivity contribution is 0.391. The van der Waals surface area contributed by atoms with Crippen LogP contribution in [0.3, 0.4) is 0 Å². The van der Waals surface area contributed by atoms with Gasteiger partial charge in [-0.1, -0.05) is 0 Å². The molecule has 0 radical (unpaired) electrons. The van der Waals surface area contributed by atoms with Gasteiger partial charge in [0.2, 0.25) is 0 Å². The van der Waals surface area contributed by atoms with Crippen molar-refractivity contribution >= 4 is 34.1 Å². The van der Waals surface area contributed by atoms with Gasteiger partial charge < -0.3 is 9.68 Å². The maximum Gasteiger partial charge on any atom is 0.564 e. The van der Waals surface area contributed by atoms with Crippen LogP contribution >= 0.6 is 0 Å². The fourth-order valence-electron chi connectivity index (χ4n) is 3.44. The SMILES string of the molecule is OB(Oc1cc(F)cc(F)c1F)c1c(F)c(F)c(F)c2c(F)c3c(F)c(F)c(F)c(F)c3c(F)c12. The summed E-state index contributed by atoms with van der Waals surface area (Å²) >= 11 is 0. The van der Waals surface area contributed by atoms with E-state index in [4.69, 9.17) is 0 Å². The first-order chi connectivity index (χ1) is 16.3. The van der Waals surface area contributed by atoms with Crippen LogP contribution in [0.1, 0.15) is 0 Å². The molecule has 0 saturated carbocycles. The van der Waals surface area contributed by atoms with Crippen molar-refractivity contribution in [3.8, 4) is 5.75 Å². The molecule has 35 heavy (non-hydrogen) atoms. The Labute approximate surface area is 185 Å². The number of halogens is 12. The molecule has 0 aromatic heterocycles. The van der Waals surface area contributed by atoms with Gasteiger partial charge in [-0.2, -0.15) is 4.39 Å². The Balaban J connectivity index is 2.15. The molecule has 0 saturated heterocycles. The van der Waals surface area contributed by atoms with Crippen molar-refractivity contribution in [1.82, 2.24) is 0 Å². The molecule has 1 N–H and O–H groups in total. The molecule has 2 nitrogen and oxygen atoms in total. The lowest BCUT2D eigenvalue weighted by Crippen LogP contribution is -2.41. The highest BCUT2D eigenvalue weighted by Gasteiger charge is 2.38. The minimum atomic E-state index is -3.20. The van der Waals surface area contributed by atoms with Gasteiger partial charge in [0.05, 0.1) is 16.2 Å². The van der Waals surface area contributed by atoms with Crippen molar-refractivity contribution in [2.75, 3.05) is 0 Å². The third kappa shape index (κ3) is 3.44. The van der Waals surface area contributed by atoms with Crippen LogP contribution < -0.4 is 10.1 Å². The van der Waals surface area contributed by atoms with E-state index >= 15 is 4.39 Å². The highest BCUT2D eigenvalue weighted by Crippen LogP contribution is 2.38. The van der Waals surface area contributed by atoms with Gasteiger partial charge in [0, 0.05) is 23.0 Å². The average Bonchev–Trinajstić information content (AvgIpc) is 2.79. The Morgan fingerprint density at radius 2 is 0.914 bits per heavy atom. The van der Waals surface area contributed by atoms with Crippen molar-refractivity contribution in [1.29, 1.82) is 0 Å². The van der Waals surface area contributed by atoms with Crippen LogP contribution in [0.2, 0.25) is 0 Å². The predicted octanol–water partition coefficient (Wildman–Crippen LogP) is 5.43. The zero-order valence-electron chi connectivity index (χ0n) is 16.1. The summed E-state index contributed by atoms with van der Waals surface area (Å²) in [6.45, 7) is 0. The van der Waals surface area contributed by atoms with Gasteiger partial charge in [-0.15, -0.1) is 0 Å². The molecule has 4 aromatic rings. The largest absolute Gasteiger partial charge is 0.564 e. The normalized spacial score (nSPS) is 11.6. The van der Waals surface area contributed by atoms with Crippen LogP contribution in [0.5, 0.6) is 5.75 Å². The van der Waals surface area contributed by atoms with Gasteiger partial charge in [-0.25, -0.2) is 48.3 Å². The van der Waals surface area contributed by atoms with E-state index in [1.54, 1.807) is 0 Å². The Kier molecular flexibility index (Phi) is 5.78. The molecule has 4 aromatic carbocycles. The molecule has 4 rings (SSSR count). The van der Waals surface area contributed by atoms with E-state index in [1.165, 1.54) is 0 Å². The van der Waals surface area contributed by atoms with E-state index in [-0.39, 0.29) is 12.1 Å². The minimum absolute atomic E-state index is 0.00823. The van der Waals surface area contributed by atoms with E-state index < -0.39 is 110 Å². The second kappa shape index (κ2) is 8.25. The standard InChI is InChI=1S/C20H3BF12O2/c22-3-1-4(23)11(24)5(2-3)35-21(34)10-6-7(14(27)18(31)17(10)30)13(26)9-8(12(6)25)15(28)19(32)20(33)16(9)29/h1-2,34H. The Bertz CT molecular complexity index is 1570. The Morgan fingerprint density at radius 1 is 0.486 bits per heavy atom. The molecule has 0 heterocycles. The molecule has 0 spiro atoms. The van der Waals surface area contributed by atoms with E-state index in [0.717, 1.165) is 0 Å². The van der Waals surface area contributed by atoms with Gasteiger partial charge in [0.25, 0.3) is 0 Å². The summed E-state index contributed by atoms with van der Waals surface area (Å²) in [5.74, 6) is -30.0. The predicted molar refractivity (Wildman–Crippen MR) is 95.6 cm³/mol. The van der Waals surface area contributed by atoms with Gasteiger partial charge in [0.1, 0.15) is 23.2 Å². The van der Waals surface area contributed by atoms with Crippen LogP contribution in [-0.2, 0) is 0 Å². The fourth-order valence-corrected chi connectivity index (χ4v) is 3.44. The number of benzene rings is 4. The summed E-state index contributed by atoms with van der Waals surface area (Å²) in [5, 5.41) is 2.15. The highest BCUT2D eigenvalue weighted by molar-refractivity contribution is 6.64. The molecule has 0 aliphatic rings. The summed E-state index contributed by atoms with van der Waals surface area (Å²) in [7, 11) is -3.20. The maximum atomic E-state index is 15.2. The molecule has 0 amide bonds. The number of hydrogen-bond acceptors (Lipinski definition) is 2. The summed E-state index contributed by atoms with van der Waals surface area (Å²) in [6, 6.07) is 0.0927. The van der Waals surface area contributed by atoms with Crippen LogP contribution in [0, 0.1) is 69.8 Å². The maximum absolute atomic E-state index is 15.2. The zero-order valence-corrected chi connectivity index (χ0v) is 16.1. The first-order valence-corrected chi connectivity index (χ1v) is 8.91. The lowest BCUT2D eigenvalue weighted by atomic mass is 9.74. The van der Waals surface area contributed by atoms with Crippen molar-refractivity contribution in [3.05, 3.63) is 81.9 Å². The number of fused-ring (bicyclic) bond motifs is 2. The van der Waals surface area contributed by atoms with Crippen molar-refractivity contribution in [3.63, 3.8) is 0 Å². The number of hydrogen-bond donors (Lipinski definition) is 1. The minimum Gasteiger partial charge on any atom is -0.530 e. The summed E-state index contributed by atoms with van der Waals surface area (Å²) in [5.41, 5.74) is -1.93. The molecular weight excluding hydrogens is 511 g/mol. The van der Waals surface area contributed by atoms with Crippen LogP contribution in [0.25, 0.3) is 21.5 Å². The fraction of sp³-hybridized carbons (Fsp3) is 0. The third-order valence-electron chi connectivity index (χ3n) is 4.95. The quantitative estimate of drug-likeness (QED) is 0.130. The first-order valence-electron chi connectivity index (χ1n) is 8.91. The molecule has 0 atom stereocenters. The van der Waals surface area contributed by atoms with E-state index in [1.807, 2.05) is 0 Å². The monoisotopic (exact) mass is 514 g/mol. The van der Waals surface area contributed by atoms with E-state index in [2.05, 4.69) is 4.65 Å². The summed E-state index contributed by atoms with van der Waals surface area (Å²) in [4.78, 5) is 0. The Hall–Kier alpha value is -3.62. The van der Waals surface area contributed by atoms with Crippen LogP contribution in [0.15, 0.2) is 12.1 Å². The van der Waals surface area contributed by atoms with Crippen LogP contribution in [0.4, 0.5) is 52.7 Å². The molecule has 0 bridgehead atoms. The molecule has 15 heteroatoms. The molecule has 182 valence electrons. The topological polar surface area (TPSA) is 29.5 Å². The summed E-state index contributed by atoms with van der Waals surface area (Å²) < 4.78 is 174. The zero-order chi connectivity index (χ0) is 26.1. The smallest absolute Gasteiger partial charge is 0.530 e. The van der Waals surface area contributed by atoms with Crippen molar-refractivity contribution in [2.45, 2.75) is 0 Å². The van der Waals surface area contributed by atoms with Gasteiger partial charge in [0.15, 0.2) is 52.4 Å². The van der Waals surface area contributed by atoms with E-state index in [9.17, 15) is 53.3 Å². The second-order valence-corrected chi connectivity index (χ2v) is 6.91. The molecule has 0 fully saturated rings. The van der Waals surface area contributed by atoms with E-state index in [0.29, 0.717) is 0 Å². The molecular formula is C20H3BF12O2. The first kappa shape index (κ1) is 24.5.